The highest BCUT2D eigenvalue weighted by atomic mass is 19.1. The summed E-state index contributed by atoms with van der Waals surface area (Å²) in [5, 5.41) is 0. The monoisotopic (exact) mass is 295 g/mol. The second-order valence-corrected chi connectivity index (χ2v) is 5.46. The zero-order chi connectivity index (χ0) is 15.2. The van der Waals surface area contributed by atoms with E-state index in [2.05, 4.69) is 0 Å². The Labute approximate surface area is 124 Å². The first kappa shape index (κ1) is 15.8. The van der Waals surface area contributed by atoms with Crippen molar-refractivity contribution in [3.63, 3.8) is 0 Å². The van der Waals surface area contributed by atoms with E-state index in [0.717, 1.165) is 12.8 Å². The predicted molar refractivity (Wildman–Crippen MR) is 77.7 cm³/mol. The molecule has 1 amide bonds. The highest BCUT2D eigenvalue weighted by Gasteiger charge is 2.28. The molecule has 1 fully saturated rings. The van der Waals surface area contributed by atoms with Crippen LogP contribution >= 0.6 is 0 Å². The van der Waals surface area contributed by atoms with Crippen LogP contribution in [0.5, 0.6) is 5.75 Å². The maximum Gasteiger partial charge on any atom is 0.260 e. The van der Waals surface area contributed by atoms with Gasteiger partial charge in [-0.05, 0) is 38.8 Å². The molecule has 0 saturated carbocycles. The van der Waals surface area contributed by atoms with Gasteiger partial charge >= 0.3 is 0 Å². The molecule has 1 aromatic rings. The average Bonchev–Trinajstić information content (AvgIpc) is 2.47. The van der Waals surface area contributed by atoms with E-state index in [1.807, 2.05) is 18.7 Å². The summed E-state index contributed by atoms with van der Waals surface area (Å²) in [6.45, 7) is 5.17. The Morgan fingerprint density at radius 3 is 2.67 bits per heavy atom. The van der Waals surface area contributed by atoms with Crippen LogP contribution in [0.1, 0.15) is 26.7 Å². The van der Waals surface area contributed by atoms with Crippen LogP contribution in [0.15, 0.2) is 24.3 Å². The van der Waals surface area contributed by atoms with Crippen LogP contribution in [0.4, 0.5) is 4.39 Å². The number of rotatable bonds is 5. The molecule has 1 heterocycles. The van der Waals surface area contributed by atoms with Crippen molar-refractivity contribution >= 4 is 5.91 Å². The quantitative estimate of drug-likeness (QED) is 0.838. The normalized spacial score (nSPS) is 16.0. The smallest absolute Gasteiger partial charge is 0.260 e. The maximum atomic E-state index is 13.5. The molecule has 5 heteroatoms. The van der Waals surface area contributed by atoms with E-state index in [1.54, 1.807) is 12.1 Å². The van der Waals surface area contributed by atoms with Crippen LogP contribution in [0.3, 0.4) is 0 Å². The Bertz CT molecular complexity index is 472. The molecular formula is C16H22FNO3. The molecule has 0 spiro atoms. The van der Waals surface area contributed by atoms with Crippen LogP contribution < -0.4 is 4.74 Å². The van der Waals surface area contributed by atoms with Crippen molar-refractivity contribution < 1.29 is 18.7 Å². The first-order chi connectivity index (χ1) is 10.1. The van der Waals surface area contributed by atoms with E-state index >= 15 is 0 Å². The average molecular weight is 295 g/mol. The molecule has 0 unspecified atom stereocenters. The second kappa shape index (κ2) is 7.41. The Hall–Kier alpha value is -1.62. The van der Waals surface area contributed by atoms with Gasteiger partial charge in [0.2, 0.25) is 0 Å². The van der Waals surface area contributed by atoms with Gasteiger partial charge in [0, 0.05) is 25.3 Å². The molecular weight excluding hydrogens is 273 g/mol. The molecule has 0 N–H and O–H groups in total. The lowest BCUT2D eigenvalue weighted by Gasteiger charge is -2.37. The van der Waals surface area contributed by atoms with E-state index in [9.17, 15) is 9.18 Å². The number of para-hydroxylation sites is 1. The standard InChI is InChI=1S/C16H22FNO3/c1-12(2)18(13-7-9-20-10-8-13)16(19)11-21-15-6-4-3-5-14(15)17/h3-6,12-13H,7-11H2,1-2H3. The van der Waals surface area contributed by atoms with Crippen LogP contribution in [0.25, 0.3) is 0 Å². The van der Waals surface area contributed by atoms with Crippen molar-refractivity contribution in [3.05, 3.63) is 30.1 Å². The fraction of sp³-hybridized carbons (Fsp3) is 0.562. The fourth-order valence-corrected chi connectivity index (χ4v) is 2.65. The van der Waals surface area contributed by atoms with Crippen molar-refractivity contribution in [2.45, 2.75) is 38.8 Å². The molecule has 0 bridgehead atoms. The van der Waals surface area contributed by atoms with Gasteiger partial charge in [-0.25, -0.2) is 4.39 Å². The van der Waals surface area contributed by atoms with Gasteiger partial charge in [0.25, 0.3) is 5.91 Å². The summed E-state index contributed by atoms with van der Waals surface area (Å²) in [7, 11) is 0. The van der Waals surface area contributed by atoms with Crippen molar-refractivity contribution in [2.75, 3.05) is 19.8 Å². The third-order valence-corrected chi connectivity index (χ3v) is 3.62. The first-order valence-electron chi connectivity index (χ1n) is 7.36. The van der Waals surface area contributed by atoms with E-state index in [1.165, 1.54) is 12.1 Å². The van der Waals surface area contributed by atoms with Crippen LogP contribution in [-0.4, -0.2) is 42.7 Å². The van der Waals surface area contributed by atoms with Gasteiger partial charge in [0.1, 0.15) is 0 Å². The van der Waals surface area contributed by atoms with E-state index in [4.69, 9.17) is 9.47 Å². The predicted octanol–water partition coefficient (Wildman–Crippen LogP) is 2.62. The SMILES string of the molecule is CC(C)N(C(=O)COc1ccccc1F)C1CCOCC1. The molecule has 1 aromatic carbocycles. The third kappa shape index (κ3) is 4.17. The number of ether oxygens (including phenoxy) is 2. The summed E-state index contributed by atoms with van der Waals surface area (Å²) < 4.78 is 24.1. The zero-order valence-corrected chi connectivity index (χ0v) is 12.5. The van der Waals surface area contributed by atoms with Gasteiger partial charge < -0.3 is 14.4 Å². The van der Waals surface area contributed by atoms with Crippen LogP contribution in [0.2, 0.25) is 0 Å². The Morgan fingerprint density at radius 1 is 1.38 bits per heavy atom. The van der Waals surface area contributed by atoms with Crippen molar-refractivity contribution in [1.29, 1.82) is 0 Å². The molecule has 4 nitrogen and oxygen atoms in total. The van der Waals surface area contributed by atoms with Gasteiger partial charge in [-0.3, -0.25) is 4.79 Å². The van der Waals surface area contributed by atoms with E-state index in [-0.39, 0.29) is 30.3 Å². The molecule has 1 aliphatic heterocycles. The number of hydrogen-bond acceptors (Lipinski definition) is 3. The summed E-state index contributed by atoms with van der Waals surface area (Å²) in [5.41, 5.74) is 0. The molecule has 21 heavy (non-hydrogen) atoms. The first-order valence-corrected chi connectivity index (χ1v) is 7.36. The fourth-order valence-electron chi connectivity index (χ4n) is 2.65. The lowest BCUT2D eigenvalue weighted by atomic mass is 10.1. The topological polar surface area (TPSA) is 38.8 Å². The minimum atomic E-state index is -0.451. The van der Waals surface area contributed by atoms with Gasteiger partial charge in [-0.2, -0.15) is 0 Å². The highest BCUT2D eigenvalue weighted by molar-refractivity contribution is 5.78. The lowest BCUT2D eigenvalue weighted by molar-refractivity contribution is -0.139. The number of carbonyl (C=O) groups excluding carboxylic acids is 1. The summed E-state index contributed by atoms with van der Waals surface area (Å²) in [5.74, 6) is -0.450. The lowest BCUT2D eigenvalue weighted by Crippen LogP contribution is -2.49. The molecule has 0 aromatic heterocycles. The number of benzene rings is 1. The summed E-state index contributed by atoms with van der Waals surface area (Å²) >= 11 is 0. The molecule has 1 saturated heterocycles. The number of halogens is 1. The molecule has 116 valence electrons. The molecule has 0 radical (unpaired) electrons. The number of nitrogens with zero attached hydrogens (tertiary/aromatic N) is 1. The zero-order valence-electron chi connectivity index (χ0n) is 12.5. The summed E-state index contributed by atoms with van der Waals surface area (Å²) in [6, 6.07) is 6.38. The third-order valence-electron chi connectivity index (χ3n) is 3.62. The number of hydrogen-bond donors (Lipinski definition) is 0. The minimum absolute atomic E-state index is 0.0878. The van der Waals surface area contributed by atoms with E-state index < -0.39 is 5.82 Å². The summed E-state index contributed by atoms with van der Waals surface area (Å²) in [6.07, 6.45) is 1.67. The minimum Gasteiger partial charge on any atom is -0.481 e. The number of carbonyl (C=O) groups is 1. The Kier molecular flexibility index (Phi) is 5.56. The van der Waals surface area contributed by atoms with Crippen molar-refractivity contribution in [3.8, 4) is 5.75 Å². The molecule has 0 aliphatic carbocycles. The largest absolute Gasteiger partial charge is 0.481 e. The molecule has 1 aliphatic rings. The highest BCUT2D eigenvalue weighted by Crippen LogP contribution is 2.19. The Morgan fingerprint density at radius 2 is 2.05 bits per heavy atom. The second-order valence-electron chi connectivity index (χ2n) is 5.46. The van der Waals surface area contributed by atoms with Crippen LogP contribution in [-0.2, 0) is 9.53 Å². The Balaban J connectivity index is 1.97. The van der Waals surface area contributed by atoms with E-state index in [0.29, 0.717) is 13.2 Å². The van der Waals surface area contributed by atoms with Crippen LogP contribution in [0, 0.1) is 5.82 Å². The van der Waals surface area contributed by atoms with Gasteiger partial charge in [-0.1, -0.05) is 12.1 Å². The maximum absolute atomic E-state index is 13.5. The molecule has 0 atom stereocenters. The van der Waals surface area contributed by atoms with Gasteiger partial charge in [-0.15, -0.1) is 0 Å². The van der Waals surface area contributed by atoms with Gasteiger partial charge in [0.15, 0.2) is 18.2 Å². The van der Waals surface area contributed by atoms with Crippen molar-refractivity contribution in [1.82, 2.24) is 4.90 Å². The summed E-state index contributed by atoms with van der Waals surface area (Å²) in [4.78, 5) is 14.2. The van der Waals surface area contributed by atoms with Gasteiger partial charge in [0.05, 0.1) is 0 Å². The molecule has 2 rings (SSSR count). The van der Waals surface area contributed by atoms with Crippen molar-refractivity contribution in [2.24, 2.45) is 0 Å². The number of amides is 1.